The minimum absolute atomic E-state index is 0.0244. The number of fused-ring (bicyclic) bond motifs is 2. The van der Waals surface area contributed by atoms with Gasteiger partial charge in [0.2, 0.25) is 0 Å². The van der Waals surface area contributed by atoms with E-state index in [1.54, 1.807) is 6.07 Å². The molecule has 2 atom stereocenters. The Labute approximate surface area is 135 Å². The number of amides is 1. The van der Waals surface area contributed by atoms with Crippen LogP contribution in [0.1, 0.15) is 42.7 Å². The van der Waals surface area contributed by atoms with Crippen LogP contribution in [0, 0.1) is 11.8 Å². The van der Waals surface area contributed by atoms with Gasteiger partial charge in [-0.25, -0.2) is 0 Å². The molecular formula is C18H20ClNO2. The molecule has 1 saturated carbocycles. The summed E-state index contributed by atoms with van der Waals surface area (Å²) in [5.74, 6) is 1.97. The van der Waals surface area contributed by atoms with Gasteiger partial charge in [0.25, 0.3) is 5.91 Å². The van der Waals surface area contributed by atoms with Crippen LogP contribution < -0.4 is 0 Å². The van der Waals surface area contributed by atoms with E-state index in [0.717, 1.165) is 36.4 Å². The van der Waals surface area contributed by atoms with Gasteiger partial charge in [-0.15, -0.1) is 0 Å². The quantitative estimate of drug-likeness (QED) is 0.761. The van der Waals surface area contributed by atoms with Crippen molar-refractivity contribution in [1.82, 2.24) is 4.90 Å². The summed E-state index contributed by atoms with van der Waals surface area (Å²) in [6.07, 6.45) is 6.42. The Bertz CT molecular complexity index is 708. The van der Waals surface area contributed by atoms with Gasteiger partial charge in [-0.05, 0) is 48.9 Å². The number of hydrogen-bond acceptors (Lipinski definition) is 2. The molecule has 4 rings (SSSR count). The summed E-state index contributed by atoms with van der Waals surface area (Å²) in [6, 6.07) is 7.26. The molecule has 1 aliphatic carbocycles. The van der Waals surface area contributed by atoms with Gasteiger partial charge in [-0.3, -0.25) is 4.79 Å². The average Bonchev–Trinajstić information content (AvgIpc) is 2.96. The first-order chi connectivity index (χ1) is 10.7. The standard InChI is InChI=1S/C18H20ClNO2/c19-15-5-6-16-14(9-15)10-17(22-16)18(21)20-8-7-12-3-1-2-4-13(12)11-20/h5-6,9-10,12-13H,1-4,7-8,11H2/t12-,13-/m1/s1. The number of carbonyl (C=O) groups is 1. The lowest BCUT2D eigenvalue weighted by Gasteiger charge is -2.41. The molecule has 0 unspecified atom stereocenters. The SMILES string of the molecule is O=C(c1cc2cc(Cl)ccc2o1)N1CC[C@H]2CCCC[C@@H]2C1. The molecule has 2 aromatic rings. The van der Waals surface area contributed by atoms with Crippen LogP contribution in [-0.4, -0.2) is 23.9 Å². The minimum atomic E-state index is 0.0244. The molecule has 0 spiro atoms. The highest BCUT2D eigenvalue weighted by Crippen LogP contribution is 2.36. The van der Waals surface area contributed by atoms with E-state index in [2.05, 4.69) is 0 Å². The van der Waals surface area contributed by atoms with Gasteiger partial charge < -0.3 is 9.32 Å². The van der Waals surface area contributed by atoms with E-state index < -0.39 is 0 Å². The maximum absolute atomic E-state index is 12.7. The van der Waals surface area contributed by atoms with Crippen molar-refractivity contribution < 1.29 is 9.21 Å². The van der Waals surface area contributed by atoms with Crippen molar-refractivity contribution in [2.45, 2.75) is 32.1 Å². The molecule has 116 valence electrons. The first kappa shape index (κ1) is 14.1. The van der Waals surface area contributed by atoms with Gasteiger partial charge >= 0.3 is 0 Å². The average molecular weight is 318 g/mol. The molecule has 0 N–H and O–H groups in total. The van der Waals surface area contributed by atoms with Crippen LogP contribution in [0.4, 0.5) is 0 Å². The van der Waals surface area contributed by atoms with Crippen LogP contribution in [0.2, 0.25) is 5.02 Å². The van der Waals surface area contributed by atoms with Crippen molar-refractivity contribution in [3.05, 3.63) is 35.0 Å². The Morgan fingerprint density at radius 1 is 1.14 bits per heavy atom. The third-order valence-electron chi connectivity index (χ3n) is 5.27. The molecule has 1 saturated heterocycles. The van der Waals surface area contributed by atoms with Gasteiger partial charge in [-0.2, -0.15) is 0 Å². The number of benzene rings is 1. The van der Waals surface area contributed by atoms with E-state index in [1.807, 2.05) is 23.1 Å². The number of hydrogen-bond donors (Lipinski definition) is 0. The lowest BCUT2D eigenvalue weighted by atomic mass is 9.75. The molecule has 0 bridgehead atoms. The Kier molecular flexibility index (Phi) is 3.61. The van der Waals surface area contributed by atoms with Crippen molar-refractivity contribution in [1.29, 1.82) is 0 Å². The summed E-state index contributed by atoms with van der Waals surface area (Å²) < 4.78 is 5.72. The second kappa shape index (κ2) is 5.62. The summed E-state index contributed by atoms with van der Waals surface area (Å²) in [5, 5.41) is 1.55. The first-order valence-electron chi connectivity index (χ1n) is 8.19. The van der Waals surface area contributed by atoms with E-state index in [-0.39, 0.29) is 5.91 Å². The van der Waals surface area contributed by atoms with Gasteiger partial charge in [0, 0.05) is 23.5 Å². The van der Waals surface area contributed by atoms with E-state index in [4.69, 9.17) is 16.0 Å². The number of furan rings is 1. The highest BCUT2D eigenvalue weighted by atomic mass is 35.5. The fourth-order valence-corrected chi connectivity index (χ4v) is 4.24. The molecule has 2 heterocycles. The van der Waals surface area contributed by atoms with Crippen LogP contribution in [0.25, 0.3) is 11.0 Å². The van der Waals surface area contributed by atoms with Crippen molar-refractivity contribution in [3.8, 4) is 0 Å². The number of rotatable bonds is 1. The van der Waals surface area contributed by atoms with Gasteiger partial charge in [0.15, 0.2) is 5.76 Å². The van der Waals surface area contributed by atoms with Gasteiger partial charge in [0.05, 0.1) is 0 Å². The van der Waals surface area contributed by atoms with Crippen LogP contribution in [0.3, 0.4) is 0 Å². The predicted octanol–water partition coefficient (Wildman–Crippen LogP) is 4.74. The maximum Gasteiger partial charge on any atom is 0.289 e. The zero-order chi connectivity index (χ0) is 15.1. The number of carbonyl (C=O) groups excluding carboxylic acids is 1. The van der Waals surface area contributed by atoms with Gasteiger partial charge in [0.1, 0.15) is 5.58 Å². The molecule has 1 aromatic carbocycles. The Morgan fingerprint density at radius 3 is 2.82 bits per heavy atom. The fourth-order valence-electron chi connectivity index (χ4n) is 4.06. The summed E-state index contributed by atoms with van der Waals surface area (Å²) >= 11 is 6.00. The lowest BCUT2D eigenvalue weighted by Crippen LogP contribution is -2.44. The summed E-state index contributed by atoms with van der Waals surface area (Å²) in [4.78, 5) is 14.7. The zero-order valence-electron chi connectivity index (χ0n) is 12.6. The Balaban J connectivity index is 1.55. The van der Waals surface area contributed by atoms with Crippen molar-refractivity contribution in [3.63, 3.8) is 0 Å². The van der Waals surface area contributed by atoms with E-state index in [9.17, 15) is 4.79 Å². The van der Waals surface area contributed by atoms with Gasteiger partial charge in [-0.1, -0.05) is 30.9 Å². The van der Waals surface area contributed by atoms with E-state index in [0.29, 0.717) is 16.7 Å². The molecule has 1 amide bonds. The Morgan fingerprint density at radius 2 is 1.95 bits per heavy atom. The molecule has 2 aliphatic rings. The normalized spacial score (nSPS) is 25.2. The molecule has 1 aliphatic heterocycles. The molecule has 1 aromatic heterocycles. The lowest BCUT2D eigenvalue weighted by molar-refractivity contribution is 0.0494. The zero-order valence-corrected chi connectivity index (χ0v) is 13.3. The first-order valence-corrected chi connectivity index (χ1v) is 8.57. The van der Waals surface area contributed by atoms with Crippen LogP contribution >= 0.6 is 11.6 Å². The molecular weight excluding hydrogens is 298 g/mol. The van der Waals surface area contributed by atoms with Crippen LogP contribution in [0.5, 0.6) is 0 Å². The third-order valence-corrected chi connectivity index (χ3v) is 5.50. The van der Waals surface area contributed by atoms with E-state index in [1.165, 1.54) is 25.7 Å². The third kappa shape index (κ3) is 2.52. The Hall–Kier alpha value is -1.48. The highest BCUT2D eigenvalue weighted by Gasteiger charge is 2.34. The topological polar surface area (TPSA) is 33.5 Å². The second-order valence-corrected chi connectivity index (χ2v) is 7.07. The minimum Gasteiger partial charge on any atom is -0.451 e. The molecule has 0 radical (unpaired) electrons. The number of likely N-dealkylation sites (tertiary alicyclic amines) is 1. The van der Waals surface area contributed by atoms with Crippen molar-refractivity contribution >= 4 is 28.5 Å². The summed E-state index contributed by atoms with van der Waals surface area (Å²) in [7, 11) is 0. The molecule has 22 heavy (non-hydrogen) atoms. The summed E-state index contributed by atoms with van der Waals surface area (Å²) in [6.45, 7) is 1.75. The number of nitrogens with zero attached hydrogens (tertiary/aromatic N) is 1. The predicted molar refractivity (Wildman–Crippen MR) is 87.2 cm³/mol. The maximum atomic E-state index is 12.7. The van der Waals surface area contributed by atoms with Crippen LogP contribution in [-0.2, 0) is 0 Å². The number of halogens is 1. The van der Waals surface area contributed by atoms with Crippen LogP contribution in [0.15, 0.2) is 28.7 Å². The smallest absolute Gasteiger partial charge is 0.289 e. The molecule has 2 fully saturated rings. The largest absolute Gasteiger partial charge is 0.451 e. The van der Waals surface area contributed by atoms with Crippen molar-refractivity contribution in [2.75, 3.05) is 13.1 Å². The summed E-state index contributed by atoms with van der Waals surface area (Å²) in [5.41, 5.74) is 0.723. The van der Waals surface area contributed by atoms with Crippen molar-refractivity contribution in [2.24, 2.45) is 11.8 Å². The second-order valence-electron chi connectivity index (χ2n) is 6.64. The molecule has 3 nitrogen and oxygen atoms in total. The highest BCUT2D eigenvalue weighted by molar-refractivity contribution is 6.31. The number of piperidine rings is 1. The fraction of sp³-hybridized carbons (Fsp3) is 0.500. The van der Waals surface area contributed by atoms with E-state index >= 15 is 0 Å². The monoisotopic (exact) mass is 317 g/mol. The molecule has 4 heteroatoms.